The van der Waals surface area contributed by atoms with Gasteiger partial charge in [-0.25, -0.2) is 8.78 Å². The van der Waals surface area contributed by atoms with Crippen LogP contribution in [-0.2, 0) is 11.3 Å². The summed E-state index contributed by atoms with van der Waals surface area (Å²) in [5.41, 5.74) is 3.58. The van der Waals surface area contributed by atoms with E-state index in [0.717, 1.165) is 0 Å². The van der Waals surface area contributed by atoms with E-state index in [4.69, 9.17) is 5.11 Å². The number of halogens is 2. The number of pyridine rings is 1. The van der Waals surface area contributed by atoms with Crippen LogP contribution in [0.1, 0.15) is 55.1 Å². The number of hydrogen-bond acceptors (Lipinski definition) is 5. The van der Waals surface area contributed by atoms with E-state index in [1.807, 2.05) is 18.4 Å². The summed E-state index contributed by atoms with van der Waals surface area (Å²) < 4.78 is 29.9. The molecule has 1 amide bonds. The third kappa shape index (κ3) is 7.26. The first-order valence-electron chi connectivity index (χ1n) is 13.6. The van der Waals surface area contributed by atoms with Gasteiger partial charge in [-0.2, -0.15) is 0 Å². The van der Waals surface area contributed by atoms with Crippen molar-refractivity contribution in [1.82, 2.24) is 9.55 Å². The van der Waals surface area contributed by atoms with Crippen molar-refractivity contribution in [1.29, 1.82) is 0 Å². The molecule has 0 bridgehead atoms. The Kier molecular flexibility index (Phi) is 9.82. The van der Waals surface area contributed by atoms with Crippen LogP contribution in [0.25, 0.3) is 22.4 Å². The molecule has 0 saturated carbocycles. The Balaban J connectivity index is 1.90. The molecule has 42 heavy (non-hydrogen) atoms. The number of carbonyl (C=O) groups excluding carboxylic acids is 1. The van der Waals surface area contributed by atoms with Crippen LogP contribution >= 0.6 is 0 Å². The van der Waals surface area contributed by atoms with Crippen LogP contribution in [0.3, 0.4) is 0 Å². The molecule has 2 heterocycles. The van der Waals surface area contributed by atoms with Crippen molar-refractivity contribution in [3.63, 3.8) is 0 Å². The second kappa shape index (κ2) is 13.5. The van der Waals surface area contributed by atoms with Crippen LogP contribution in [0.5, 0.6) is 0 Å². The lowest BCUT2D eigenvalue weighted by Crippen LogP contribution is -2.22. The van der Waals surface area contributed by atoms with Gasteiger partial charge >= 0.3 is 5.97 Å². The highest BCUT2D eigenvalue weighted by Gasteiger charge is 2.31. The number of carboxylic acids is 1. The lowest BCUT2D eigenvalue weighted by molar-refractivity contribution is -0.139. The van der Waals surface area contributed by atoms with E-state index in [9.17, 15) is 28.6 Å². The van der Waals surface area contributed by atoms with Gasteiger partial charge in [0.2, 0.25) is 0 Å². The maximum absolute atomic E-state index is 14.0. The lowest BCUT2D eigenvalue weighted by atomic mass is 9.95. The maximum atomic E-state index is 14.0. The van der Waals surface area contributed by atoms with Crippen molar-refractivity contribution in [3.05, 3.63) is 95.9 Å². The van der Waals surface area contributed by atoms with Gasteiger partial charge in [0.15, 0.2) is 0 Å². The van der Waals surface area contributed by atoms with Crippen LogP contribution in [-0.4, -0.2) is 49.0 Å². The van der Waals surface area contributed by atoms with Gasteiger partial charge in [0, 0.05) is 41.4 Å². The van der Waals surface area contributed by atoms with E-state index in [2.05, 4.69) is 10.3 Å². The number of aliphatic hydroxyl groups excluding tert-OH is 2. The summed E-state index contributed by atoms with van der Waals surface area (Å²) in [4.78, 5) is 29.2. The standard InChI is InChI=1S/C32H33F2N3O5/c1-19(2)30-29(32(42)36-24-7-3-6-23(34)15-24)28(21-5-4-13-35-18-21)31(20-8-10-22(33)11-9-20)37(30)14-12-25(38)16-26(39)17-27(40)41/h3-11,13,15,18-19,25-26,38-39H,12,14,16-17H2,1-2H3,(H,36,42)(H,40,41)/t25-,26-/m1/s1. The molecule has 0 spiro atoms. The predicted octanol–water partition coefficient (Wildman–Crippen LogP) is 5.85. The summed E-state index contributed by atoms with van der Waals surface area (Å²) >= 11 is 0. The van der Waals surface area contributed by atoms with E-state index in [1.54, 1.807) is 42.7 Å². The maximum Gasteiger partial charge on any atom is 0.305 e. The van der Waals surface area contributed by atoms with E-state index >= 15 is 0 Å². The fourth-order valence-corrected chi connectivity index (χ4v) is 5.15. The van der Waals surface area contributed by atoms with Crippen molar-refractivity contribution >= 4 is 17.6 Å². The fraction of sp³-hybridized carbons (Fsp3) is 0.281. The number of hydrogen-bond donors (Lipinski definition) is 4. The summed E-state index contributed by atoms with van der Waals surface area (Å²) in [5.74, 6) is -2.81. The molecule has 0 aliphatic carbocycles. The third-order valence-corrected chi connectivity index (χ3v) is 6.87. The number of carbonyl (C=O) groups is 2. The Morgan fingerprint density at radius 2 is 1.69 bits per heavy atom. The molecule has 4 rings (SSSR count). The zero-order valence-corrected chi connectivity index (χ0v) is 23.3. The minimum atomic E-state index is -1.22. The zero-order chi connectivity index (χ0) is 30.4. The Bertz CT molecular complexity index is 1540. The Labute approximate surface area is 242 Å². The molecule has 4 aromatic rings. The van der Waals surface area contributed by atoms with E-state index in [-0.39, 0.29) is 31.0 Å². The number of anilines is 1. The molecule has 0 radical (unpaired) electrons. The topological polar surface area (TPSA) is 125 Å². The number of aromatic nitrogens is 2. The zero-order valence-electron chi connectivity index (χ0n) is 23.3. The fourth-order valence-electron chi connectivity index (χ4n) is 5.15. The Morgan fingerprint density at radius 1 is 0.952 bits per heavy atom. The second-order valence-corrected chi connectivity index (χ2v) is 10.4. The lowest BCUT2D eigenvalue weighted by Gasteiger charge is -2.20. The van der Waals surface area contributed by atoms with Gasteiger partial charge in [0.25, 0.3) is 5.91 Å². The first kappa shape index (κ1) is 30.5. The largest absolute Gasteiger partial charge is 0.481 e. The summed E-state index contributed by atoms with van der Waals surface area (Å²) in [5, 5.41) is 32.5. The average Bonchev–Trinajstić information content (AvgIpc) is 3.28. The van der Waals surface area contributed by atoms with Gasteiger partial charge in [-0.15, -0.1) is 0 Å². The number of nitrogens with zero attached hydrogens (tertiary/aromatic N) is 2. The van der Waals surface area contributed by atoms with Crippen molar-refractivity contribution in [2.24, 2.45) is 0 Å². The number of nitrogens with one attached hydrogen (secondary N) is 1. The number of amides is 1. The number of rotatable bonds is 12. The molecule has 0 aliphatic heterocycles. The van der Waals surface area contributed by atoms with Crippen LogP contribution in [0.4, 0.5) is 14.5 Å². The molecule has 8 nitrogen and oxygen atoms in total. The highest BCUT2D eigenvalue weighted by Crippen LogP contribution is 2.42. The van der Waals surface area contributed by atoms with Gasteiger partial charge in [0.1, 0.15) is 11.6 Å². The average molecular weight is 578 g/mol. The van der Waals surface area contributed by atoms with Crippen molar-refractivity contribution in [2.75, 3.05) is 5.32 Å². The highest BCUT2D eigenvalue weighted by molar-refractivity contribution is 6.12. The SMILES string of the molecule is CC(C)c1c(C(=O)Nc2cccc(F)c2)c(-c2cccnc2)c(-c2ccc(F)cc2)n1CC[C@@H](O)C[C@@H](O)CC(=O)O. The summed E-state index contributed by atoms with van der Waals surface area (Å²) in [7, 11) is 0. The molecular formula is C32H33F2N3O5. The number of benzene rings is 2. The molecule has 2 atom stereocenters. The minimum Gasteiger partial charge on any atom is -0.481 e. The molecule has 10 heteroatoms. The molecule has 220 valence electrons. The first-order chi connectivity index (χ1) is 20.0. The normalized spacial score (nSPS) is 12.7. The molecule has 0 saturated heterocycles. The van der Waals surface area contributed by atoms with Gasteiger partial charge in [-0.1, -0.05) is 26.0 Å². The van der Waals surface area contributed by atoms with Gasteiger partial charge in [-0.05, 0) is 72.9 Å². The first-order valence-corrected chi connectivity index (χ1v) is 13.6. The third-order valence-electron chi connectivity index (χ3n) is 6.87. The highest BCUT2D eigenvalue weighted by atomic mass is 19.1. The van der Waals surface area contributed by atoms with Gasteiger partial charge < -0.3 is 25.2 Å². The molecule has 0 aliphatic rings. The van der Waals surface area contributed by atoms with Gasteiger partial charge in [0.05, 0.1) is 29.9 Å². The number of carboxylic acid groups (broad SMARTS) is 1. The van der Waals surface area contributed by atoms with E-state index in [0.29, 0.717) is 33.6 Å². The number of aliphatic carboxylic acids is 1. The summed E-state index contributed by atoms with van der Waals surface area (Å²) in [6.45, 7) is 4.03. The van der Waals surface area contributed by atoms with E-state index in [1.165, 1.54) is 30.3 Å². The van der Waals surface area contributed by atoms with E-state index < -0.39 is 42.1 Å². The minimum absolute atomic E-state index is 0.136. The van der Waals surface area contributed by atoms with Crippen LogP contribution < -0.4 is 5.32 Å². The van der Waals surface area contributed by atoms with Crippen molar-refractivity contribution < 1.29 is 33.7 Å². The molecule has 2 aromatic carbocycles. The smallest absolute Gasteiger partial charge is 0.305 e. The Morgan fingerprint density at radius 3 is 2.31 bits per heavy atom. The second-order valence-electron chi connectivity index (χ2n) is 10.4. The monoisotopic (exact) mass is 577 g/mol. The van der Waals surface area contributed by atoms with Crippen LogP contribution in [0, 0.1) is 11.6 Å². The molecule has 0 unspecified atom stereocenters. The molecule has 0 fully saturated rings. The molecule has 4 N–H and O–H groups in total. The van der Waals surface area contributed by atoms with Crippen molar-refractivity contribution in [2.45, 2.75) is 57.8 Å². The van der Waals surface area contributed by atoms with Crippen LogP contribution in [0.15, 0.2) is 73.1 Å². The number of aliphatic hydroxyl groups is 2. The predicted molar refractivity (Wildman–Crippen MR) is 155 cm³/mol. The summed E-state index contributed by atoms with van der Waals surface area (Å²) in [6, 6.07) is 14.9. The van der Waals surface area contributed by atoms with Crippen LogP contribution in [0.2, 0.25) is 0 Å². The molecule has 2 aromatic heterocycles. The van der Waals surface area contributed by atoms with Crippen molar-refractivity contribution in [3.8, 4) is 22.4 Å². The quantitative estimate of drug-likeness (QED) is 0.168. The summed E-state index contributed by atoms with van der Waals surface area (Å²) in [6.07, 6.45) is 0.472. The molecular weight excluding hydrogens is 544 g/mol. The Hall–Kier alpha value is -4.41. The van der Waals surface area contributed by atoms with Gasteiger partial charge in [-0.3, -0.25) is 14.6 Å².